The molecule has 2 aliphatic rings. The third-order valence-corrected chi connectivity index (χ3v) is 24.5. The number of aliphatic hydroxyl groups is 1. The molecule has 0 aliphatic carbocycles. The average Bonchev–Trinajstić information content (AvgIpc) is 1.76. The number of thioether (sulfide) groups is 1. The lowest BCUT2D eigenvalue weighted by atomic mass is 10.00. The van der Waals surface area contributed by atoms with E-state index in [1.807, 2.05) is 13.8 Å². The molecule has 13 atom stereocenters. The lowest BCUT2D eigenvalue weighted by molar-refractivity contribution is -0.149. The lowest BCUT2D eigenvalue weighted by Gasteiger charge is -2.36. The van der Waals surface area contributed by atoms with Gasteiger partial charge in [0.05, 0.1) is 38.2 Å². The number of aromatic nitrogens is 4. The molecule has 2 aliphatic heterocycles. The fraction of sp³-hybridized carbons (Fsp3) is 0.517. The van der Waals surface area contributed by atoms with E-state index >= 15 is 24.0 Å². The standard InChI is InChI=1S/C89H125ClN24O18S/c1-10-12-26-69-82(126)103-60(25-19-31-96-89(93)94)78(122)109-68(77(121)99-43-73(92)117)46-133-47-75(119)102-64(34-51-21-15-14-16-22-51)85(129)111(7)50(5)76(120)105-66(39-72(91)116)87(131)114-32-20-28-70(114)83(127)104-62(38-55-42-95-48-100-55)80(124)106-63(33-49(3)4)84(128)110(6)44-74(118)101-61(35-53-41-98-59-30-29-54(90)37-57(53)59)79(123)108-67(45-115)81(125)107-65(36-52-40-97-58-24-18-17-23-56(52)58)86(130)113(9)71(27-13-11-2)88(132)112(69)8/h14-18,21-24,29-30,37,40-42,48-50,60-71,97-98,115H,10-13,19-20,25-28,31-36,38-39,43-47H2,1-9H3,(H2,91,116)(H2,92,117)(H,95,100)(H,99,121)(H,101,118)(H,102,119)(H,103,126)(H,104,127)(H,105,120)(H,106,124)(H,107,125)(H,108,123)(H,109,122)(H4,93,94,96)/t50-,60-,61-,62-,63-,64-,65-,66-,67-,68-,69-,70-,71-/m0/s1. The van der Waals surface area contributed by atoms with Crippen molar-refractivity contribution in [3.05, 3.63) is 125 Å². The third kappa shape index (κ3) is 30.7. The molecule has 0 radical (unpaired) electrons. The van der Waals surface area contributed by atoms with E-state index in [1.54, 1.807) is 99.0 Å². The van der Waals surface area contributed by atoms with Gasteiger partial charge in [-0.15, -0.1) is 11.8 Å². The highest BCUT2D eigenvalue weighted by molar-refractivity contribution is 8.00. The summed E-state index contributed by atoms with van der Waals surface area (Å²) in [5.41, 5.74) is 19.9. The van der Waals surface area contributed by atoms with Crippen LogP contribution in [-0.2, 0) is 107 Å². The van der Waals surface area contributed by atoms with Crippen LogP contribution in [0.1, 0.15) is 134 Å². The van der Waals surface area contributed by atoms with Gasteiger partial charge in [-0.25, -0.2) is 4.98 Å². The molecule has 6 aromatic rings. The van der Waals surface area contributed by atoms with Gasteiger partial charge in [-0.05, 0) is 98.7 Å². The Morgan fingerprint density at radius 1 is 0.564 bits per heavy atom. The number of primary amides is 2. The second-order valence-corrected chi connectivity index (χ2v) is 35.3. The van der Waals surface area contributed by atoms with Crippen molar-refractivity contribution in [1.29, 1.82) is 5.41 Å². The summed E-state index contributed by atoms with van der Waals surface area (Å²) in [5.74, 6) is -17.3. The fourth-order valence-corrected chi connectivity index (χ4v) is 16.8. The van der Waals surface area contributed by atoms with Crippen molar-refractivity contribution in [1.82, 2.24) is 103 Å². The Bertz CT molecular complexity index is 5110. The van der Waals surface area contributed by atoms with Crippen LogP contribution in [0.2, 0.25) is 5.02 Å². The van der Waals surface area contributed by atoms with E-state index in [0.29, 0.717) is 74.9 Å². The maximum Gasteiger partial charge on any atom is 0.246 e. The van der Waals surface area contributed by atoms with Crippen molar-refractivity contribution in [3.8, 4) is 0 Å². The quantitative estimate of drug-likeness (QED) is 0.0167. The Morgan fingerprint density at radius 3 is 1.78 bits per heavy atom. The van der Waals surface area contributed by atoms with Gasteiger partial charge in [0, 0.05) is 124 Å². The van der Waals surface area contributed by atoms with E-state index in [-0.39, 0.29) is 89.6 Å². The number of imidazole rings is 1. The van der Waals surface area contributed by atoms with Gasteiger partial charge in [0.15, 0.2) is 5.96 Å². The number of aliphatic hydroxyl groups excluding tert-OH is 1. The monoisotopic (exact) mass is 1880 g/mol. The number of unbranched alkanes of at least 4 members (excludes halogenated alkanes) is 2. The number of nitrogens with one attached hydrogen (secondary N) is 15. The zero-order valence-corrected chi connectivity index (χ0v) is 77.7. The first-order valence-corrected chi connectivity index (χ1v) is 45.8. The van der Waals surface area contributed by atoms with E-state index < -0.39 is 223 Å². The first-order chi connectivity index (χ1) is 63.3. The van der Waals surface area contributed by atoms with Crippen molar-refractivity contribution in [3.63, 3.8) is 0 Å². The summed E-state index contributed by atoms with van der Waals surface area (Å²) in [4.78, 5) is 267. The molecule has 133 heavy (non-hydrogen) atoms. The van der Waals surface area contributed by atoms with Gasteiger partial charge >= 0.3 is 0 Å². The van der Waals surface area contributed by atoms with Crippen LogP contribution in [0, 0.1) is 11.3 Å². The first kappa shape index (κ1) is 105. The van der Waals surface area contributed by atoms with Crippen LogP contribution >= 0.6 is 23.4 Å². The largest absolute Gasteiger partial charge is 0.394 e. The number of nitrogens with two attached hydrogens (primary N) is 3. The molecule has 0 saturated carbocycles. The molecule has 8 rings (SSSR count). The fourth-order valence-electron chi connectivity index (χ4n) is 15.8. The van der Waals surface area contributed by atoms with Gasteiger partial charge in [0.1, 0.15) is 78.5 Å². The number of guanidine groups is 1. The molecule has 2 saturated heterocycles. The molecule has 44 heteroatoms. The third-order valence-electron chi connectivity index (χ3n) is 23.2. The van der Waals surface area contributed by atoms with E-state index in [9.17, 15) is 62.6 Å². The number of aromatic amines is 3. The Kier molecular flexibility index (Phi) is 40.3. The maximum absolute atomic E-state index is 15.7. The number of amides is 17. The first-order valence-electron chi connectivity index (χ1n) is 44.3. The molecule has 3 aromatic heterocycles. The number of likely N-dealkylation sites (N-methyl/N-ethyl adjacent to an activating group) is 4. The van der Waals surface area contributed by atoms with Gasteiger partial charge in [-0.2, -0.15) is 0 Å². The van der Waals surface area contributed by atoms with Crippen LogP contribution < -0.4 is 75.7 Å². The molecule has 3 aromatic carbocycles. The number of carbonyl (C=O) groups excluding carboxylic acids is 17. The van der Waals surface area contributed by atoms with Crippen LogP contribution in [0.15, 0.2) is 97.7 Å². The molecular formula is C89H125ClN24O18S. The number of benzene rings is 3. The van der Waals surface area contributed by atoms with Crippen LogP contribution in [-0.4, -0.2) is 307 Å². The summed E-state index contributed by atoms with van der Waals surface area (Å²) in [5, 5.41) is 49.6. The average molecular weight is 1890 g/mol. The normalized spacial score (nSPS) is 23.4. The topological polar surface area (TPSA) is 621 Å². The Labute approximate surface area is 779 Å². The molecule has 5 heterocycles. The van der Waals surface area contributed by atoms with Gasteiger partial charge in [0.2, 0.25) is 100 Å². The molecule has 22 N–H and O–H groups in total. The van der Waals surface area contributed by atoms with E-state index in [2.05, 4.69) is 78.4 Å². The van der Waals surface area contributed by atoms with E-state index in [4.69, 9.17) is 34.2 Å². The van der Waals surface area contributed by atoms with Crippen molar-refractivity contribution >= 4 is 152 Å². The number of hydrogen-bond acceptors (Lipinski definition) is 21. The number of H-pyrrole nitrogens is 3. The van der Waals surface area contributed by atoms with Crippen molar-refractivity contribution in [2.75, 3.05) is 72.5 Å². The smallest absolute Gasteiger partial charge is 0.246 e. The SMILES string of the molecule is CCCC[C@H]1C(=O)N(C)[C@@H](CCCC)C(=O)N[C@@H](CCCNC(=N)N)C(=O)N[C@H](C(=O)NCC(N)=O)CSCC(=O)N[C@@H](Cc2ccccc2)C(=O)N(C)[C@@H](C)C(=O)N[C@@H](CC(N)=O)C(=O)N2CCC[C@H]2C(=O)N[C@@H](Cc2cnc[nH]2)C(=O)N[C@@H](CC(C)C)C(=O)N(C)CC(=O)N[C@@H](Cc2c[nH]c3ccc(Cl)cc23)C(=O)N[C@@H](CO)C(=O)N[C@@H](Cc2c[nH]c3ccccc23)C(=O)N1C. The number of fused-ring (bicyclic) bond motifs is 3. The minimum absolute atomic E-state index is 0.000948. The maximum atomic E-state index is 15.7. The summed E-state index contributed by atoms with van der Waals surface area (Å²) in [6.07, 6.45) is 5.79. The number of hydrogen-bond donors (Lipinski definition) is 19. The lowest BCUT2D eigenvalue weighted by Crippen LogP contribution is -2.61. The number of rotatable bonds is 26. The minimum Gasteiger partial charge on any atom is -0.394 e. The molecule has 2 fully saturated rings. The van der Waals surface area contributed by atoms with Crippen LogP contribution in [0.25, 0.3) is 21.8 Å². The van der Waals surface area contributed by atoms with E-state index in [1.165, 1.54) is 47.6 Å². The molecule has 42 nitrogen and oxygen atoms in total. The summed E-state index contributed by atoms with van der Waals surface area (Å²) >= 11 is 7.29. The highest BCUT2D eigenvalue weighted by Crippen LogP contribution is 2.27. The zero-order valence-electron chi connectivity index (χ0n) is 76.2. The Morgan fingerprint density at radius 2 is 1.14 bits per heavy atom. The van der Waals surface area contributed by atoms with Crippen LogP contribution in [0.3, 0.4) is 0 Å². The van der Waals surface area contributed by atoms with Gasteiger partial charge in [-0.1, -0.05) is 114 Å². The van der Waals surface area contributed by atoms with Crippen molar-refractivity contribution in [2.45, 2.75) is 216 Å². The van der Waals surface area contributed by atoms with Crippen molar-refractivity contribution < 1.29 is 86.6 Å². The molecule has 722 valence electrons. The molecule has 0 bridgehead atoms. The number of carbonyl (C=O) groups is 17. The minimum atomic E-state index is -1.87. The summed E-state index contributed by atoms with van der Waals surface area (Å²) < 4.78 is 0. The second kappa shape index (κ2) is 51.0. The number of nitrogens with zero attached hydrogens (tertiary/aromatic N) is 6. The molecule has 0 unspecified atom stereocenters. The summed E-state index contributed by atoms with van der Waals surface area (Å²) in [6, 6.07) is 0.573. The van der Waals surface area contributed by atoms with Gasteiger partial charge in [0.25, 0.3) is 0 Å². The summed E-state index contributed by atoms with van der Waals surface area (Å²) in [6.45, 7) is 5.85. The van der Waals surface area contributed by atoms with Crippen LogP contribution in [0.4, 0.5) is 0 Å². The molecular weight excluding hydrogens is 1760 g/mol. The highest BCUT2D eigenvalue weighted by Gasteiger charge is 2.44. The predicted molar refractivity (Wildman–Crippen MR) is 495 cm³/mol. The van der Waals surface area contributed by atoms with Gasteiger partial charge < -0.3 is 120 Å². The molecule has 0 spiro atoms. The number of halogens is 1. The predicted octanol–water partition coefficient (Wildman–Crippen LogP) is -1.48. The Hall–Kier alpha value is -13.2. The van der Waals surface area contributed by atoms with Crippen molar-refractivity contribution in [2.24, 2.45) is 23.1 Å². The second-order valence-electron chi connectivity index (χ2n) is 33.8. The van der Waals surface area contributed by atoms with E-state index in [0.717, 1.165) is 36.3 Å². The van der Waals surface area contributed by atoms with Crippen LogP contribution in [0.5, 0.6) is 0 Å². The molecule has 17 amide bonds. The number of para-hydroxylation sites is 1. The summed E-state index contributed by atoms with van der Waals surface area (Å²) in [7, 11) is 5.22. The highest BCUT2D eigenvalue weighted by atomic mass is 35.5. The Balaban J connectivity index is 1.19. The zero-order chi connectivity index (χ0) is 97.4. The van der Waals surface area contributed by atoms with Gasteiger partial charge in [-0.3, -0.25) is 86.9 Å².